The number of aryl methyl sites for hydroxylation is 2. The maximum atomic E-state index is 12.0. The Morgan fingerprint density at radius 2 is 2.05 bits per heavy atom. The van der Waals surface area contributed by atoms with Crippen molar-refractivity contribution in [3.8, 4) is 0 Å². The van der Waals surface area contributed by atoms with E-state index in [9.17, 15) is 8.42 Å². The minimum Gasteiger partial charge on any atom is -0.375 e. The van der Waals surface area contributed by atoms with Crippen molar-refractivity contribution in [1.29, 1.82) is 0 Å². The average molecular weight is 308 g/mol. The van der Waals surface area contributed by atoms with Crippen molar-refractivity contribution in [2.45, 2.75) is 24.8 Å². The number of hydrogen-bond donors (Lipinski definition) is 2. The van der Waals surface area contributed by atoms with Gasteiger partial charge in [-0.3, -0.25) is 0 Å². The molecule has 0 fully saturated rings. The summed E-state index contributed by atoms with van der Waals surface area (Å²) in [6.07, 6.45) is 3.61. The summed E-state index contributed by atoms with van der Waals surface area (Å²) in [5, 5.41) is 3.27. The molecule has 0 radical (unpaired) electrons. The topological polar surface area (TPSA) is 76.0 Å². The molecule has 2 aromatic rings. The van der Waals surface area contributed by atoms with Crippen molar-refractivity contribution in [2.24, 2.45) is 7.05 Å². The monoisotopic (exact) mass is 308 g/mol. The van der Waals surface area contributed by atoms with Crippen LogP contribution in [0, 0.1) is 6.92 Å². The molecule has 0 aliphatic heterocycles. The van der Waals surface area contributed by atoms with E-state index < -0.39 is 10.0 Å². The van der Waals surface area contributed by atoms with Crippen LogP contribution in [0.5, 0.6) is 0 Å². The van der Waals surface area contributed by atoms with Gasteiger partial charge in [0.2, 0.25) is 10.0 Å². The van der Waals surface area contributed by atoms with Crippen molar-refractivity contribution in [3.05, 3.63) is 42.0 Å². The Morgan fingerprint density at radius 1 is 1.33 bits per heavy atom. The summed E-state index contributed by atoms with van der Waals surface area (Å²) >= 11 is 0. The summed E-state index contributed by atoms with van der Waals surface area (Å²) in [5.41, 5.74) is 1.45. The predicted octanol–water partition coefficient (Wildman–Crippen LogP) is 1.81. The molecule has 1 aromatic carbocycles. The number of nitrogens with one attached hydrogen (secondary N) is 2. The molecule has 21 heavy (non-hydrogen) atoms. The van der Waals surface area contributed by atoms with Crippen LogP contribution in [0.1, 0.15) is 24.4 Å². The van der Waals surface area contributed by atoms with E-state index in [4.69, 9.17) is 0 Å². The molecule has 2 rings (SSSR count). The molecule has 114 valence electrons. The average Bonchev–Trinajstić information content (AvgIpc) is 2.87. The highest BCUT2D eigenvalue weighted by molar-refractivity contribution is 7.89. The van der Waals surface area contributed by atoms with Crippen LogP contribution < -0.4 is 10.0 Å². The summed E-state index contributed by atoms with van der Waals surface area (Å²) in [6, 6.07) is 5.26. The number of sulfonamides is 1. The second-order valence-electron chi connectivity index (χ2n) is 4.95. The molecule has 0 amide bonds. The van der Waals surface area contributed by atoms with Crippen LogP contribution in [-0.2, 0) is 17.1 Å². The SMILES string of the molecule is CNS(=O)(=O)c1cc(NC(C)c2nccn2C)ccc1C. The fourth-order valence-corrected chi connectivity index (χ4v) is 3.19. The van der Waals surface area contributed by atoms with Gasteiger partial charge in [-0.25, -0.2) is 18.1 Å². The Morgan fingerprint density at radius 3 is 2.62 bits per heavy atom. The van der Waals surface area contributed by atoms with Gasteiger partial charge in [-0.05, 0) is 38.6 Å². The van der Waals surface area contributed by atoms with Crippen LogP contribution in [0.4, 0.5) is 5.69 Å². The van der Waals surface area contributed by atoms with E-state index in [2.05, 4.69) is 15.0 Å². The quantitative estimate of drug-likeness (QED) is 0.883. The lowest BCUT2D eigenvalue weighted by Crippen LogP contribution is -2.20. The molecule has 6 nitrogen and oxygen atoms in total. The van der Waals surface area contributed by atoms with Crippen molar-refractivity contribution < 1.29 is 8.42 Å². The molecular weight excluding hydrogens is 288 g/mol. The summed E-state index contributed by atoms with van der Waals surface area (Å²) in [7, 11) is -0.129. The molecule has 0 aliphatic rings. The number of anilines is 1. The fourth-order valence-electron chi connectivity index (χ4n) is 2.20. The van der Waals surface area contributed by atoms with E-state index in [1.807, 2.05) is 30.8 Å². The smallest absolute Gasteiger partial charge is 0.240 e. The third-order valence-corrected chi connectivity index (χ3v) is 4.93. The van der Waals surface area contributed by atoms with Crippen LogP contribution >= 0.6 is 0 Å². The van der Waals surface area contributed by atoms with Crippen LogP contribution in [-0.4, -0.2) is 25.0 Å². The Balaban J connectivity index is 2.30. The molecule has 2 N–H and O–H groups in total. The Bertz CT molecular complexity index is 737. The zero-order chi connectivity index (χ0) is 15.6. The maximum absolute atomic E-state index is 12.0. The summed E-state index contributed by atoms with van der Waals surface area (Å²) in [6.45, 7) is 3.75. The lowest BCUT2D eigenvalue weighted by molar-refractivity contribution is 0.587. The molecule has 1 aromatic heterocycles. The first-order valence-electron chi connectivity index (χ1n) is 6.63. The highest BCUT2D eigenvalue weighted by atomic mass is 32.2. The van der Waals surface area contributed by atoms with Gasteiger partial charge >= 0.3 is 0 Å². The van der Waals surface area contributed by atoms with E-state index in [1.54, 1.807) is 25.3 Å². The predicted molar refractivity (Wildman–Crippen MR) is 82.7 cm³/mol. The minimum absolute atomic E-state index is 0.0298. The Hall–Kier alpha value is -1.86. The normalized spacial score (nSPS) is 13.1. The fraction of sp³-hybridized carbons (Fsp3) is 0.357. The first-order chi connectivity index (χ1) is 9.85. The third-order valence-electron chi connectivity index (χ3n) is 3.38. The Labute approximate surface area is 125 Å². The van der Waals surface area contributed by atoms with Crippen molar-refractivity contribution in [2.75, 3.05) is 12.4 Å². The van der Waals surface area contributed by atoms with Crippen molar-refractivity contribution >= 4 is 15.7 Å². The molecular formula is C14H20N4O2S. The number of nitrogens with zero attached hydrogens (tertiary/aromatic N) is 2. The van der Waals surface area contributed by atoms with Gasteiger partial charge in [0.15, 0.2) is 0 Å². The third kappa shape index (κ3) is 3.25. The van der Waals surface area contributed by atoms with Crippen LogP contribution in [0.15, 0.2) is 35.5 Å². The molecule has 1 atom stereocenters. The number of rotatable bonds is 5. The zero-order valence-corrected chi connectivity index (χ0v) is 13.4. The highest BCUT2D eigenvalue weighted by Gasteiger charge is 2.16. The first-order valence-corrected chi connectivity index (χ1v) is 8.11. The summed E-state index contributed by atoms with van der Waals surface area (Å²) in [4.78, 5) is 4.57. The lowest BCUT2D eigenvalue weighted by atomic mass is 10.2. The molecule has 0 saturated heterocycles. The molecule has 1 unspecified atom stereocenters. The van der Waals surface area contributed by atoms with Crippen molar-refractivity contribution in [3.63, 3.8) is 0 Å². The highest BCUT2D eigenvalue weighted by Crippen LogP contribution is 2.23. The standard InChI is InChI=1S/C14H20N4O2S/c1-10-5-6-12(9-13(10)21(19,20)15-3)17-11(2)14-16-7-8-18(14)4/h5-9,11,15,17H,1-4H3. The zero-order valence-electron chi connectivity index (χ0n) is 12.6. The Kier molecular flexibility index (Phi) is 4.34. The molecule has 0 aliphatic carbocycles. The van der Waals surface area contributed by atoms with E-state index in [0.717, 1.165) is 11.5 Å². The van der Waals surface area contributed by atoms with Gasteiger partial charge in [0.1, 0.15) is 5.82 Å². The van der Waals surface area contributed by atoms with E-state index in [0.29, 0.717) is 5.56 Å². The number of aromatic nitrogens is 2. The maximum Gasteiger partial charge on any atom is 0.240 e. The van der Waals surface area contributed by atoms with Gasteiger partial charge in [-0.1, -0.05) is 6.07 Å². The van der Waals surface area contributed by atoms with Crippen LogP contribution in [0.25, 0.3) is 0 Å². The summed E-state index contributed by atoms with van der Waals surface area (Å²) in [5.74, 6) is 0.883. The summed E-state index contributed by atoms with van der Waals surface area (Å²) < 4.78 is 28.2. The molecule has 0 saturated carbocycles. The second-order valence-corrected chi connectivity index (χ2v) is 6.81. The first kappa shape index (κ1) is 15.5. The second kappa shape index (κ2) is 5.87. The minimum atomic E-state index is -3.46. The van der Waals surface area contributed by atoms with E-state index in [-0.39, 0.29) is 10.9 Å². The molecule has 1 heterocycles. The largest absolute Gasteiger partial charge is 0.375 e. The molecule has 7 heteroatoms. The van der Waals surface area contributed by atoms with Crippen LogP contribution in [0.3, 0.4) is 0 Å². The van der Waals surface area contributed by atoms with E-state index >= 15 is 0 Å². The number of benzene rings is 1. The van der Waals surface area contributed by atoms with Gasteiger partial charge < -0.3 is 9.88 Å². The lowest BCUT2D eigenvalue weighted by Gasteiger charge is -2.16. The van der Waals surface area contributed by atoms with Crippen LogP contribution in [0.2, 0.25) is 0 Å². The van der Waals surface area contributed by atoms with Gasteiger partial charge in [-0.2, -0.15) is 0 Å². The molecule has 0 bridgehead atoms. The number of hydrogen-bond acceptors (Lipinski definition) is 4. The van der Waals surface area contributed by atoms with Gasteiger partial charge in [0.25, 0.3) is 0 Å². The van der Waals surface area contributed by atoms with E-state index in [1.165, 1.54) is 7.05 Å². The van der Waals surface area contributed by atoms with Crippen molar-refractivity contribution in [1.82, 2.24) is 14.3 Å². The van der Waals surface area contributed by atoms with Gasteiger partial charge in [-0.15, -0.1) is 0 Å². The van der Waals surface area contributed by atoms with Gasteiger partial charge in [0.05, 0.1) is 10.9 Å². The molecule has 0 spiro atoms. The van der Waals surface area contributed by atoms with Gasteiger partial charge in [0, 0.05) is 25.1 Å². The number of imidazole rings is 1.